The number of benzene rings is 2. The number of nitrogens with zero attached hydrogens (tertiary/aromatic N) is 3. The van der Waals surface area contributed by atoms with Gasteiger partial charge in [-0.25, -0.2) is 8.42 Å². The molecule has 1 aliphatic carbocycles. The number of piperazine rings is 1. The molecule has 0 radical (unpaired) electrons. The van der Waals surface area contributed by atoms with E-state index in [9.17, 15) is 8.42 Å². The van der Waals surface area contributed by atoms with Crippen LogP contribution in [0.4, 0.5) is 5.69 Å². The van der Waals surface area contributed by atoms with Crippen molar-refractivity contribution in [3.8, 4) is 0 Å². The Morgan fingerprint density at radius 1 is 0.862 bits per heavy atom. The Kier molecular flexibility index (Phi) is 5.51. The maximum absolute atomic E-state index is 12.9. The summed E-state index contributed by atoms with van der Waals surface area (Å²) in [7, 11) is -3.56. The lowest BCUT2D eigenvalue weighted by Crippen LogP contribution is -2.47. The first-order chi connectivity index (χ1) is 13.6. The van der Waals surface area contributed by atoms with Gasteiger partial charge in [-0.3, -0.25) is 9.88 Å². The van der Waals surface area contributed by atoms with Crippen LogP contribution in [0, 0.1) is 0 Å². The van der Waals surface area contributed by atoms with Crippen molar-refractivity contribution in [3.05, 3.63) is 60.8 Å². The van der Waals surface area contributed by atoms with E-state index in [1.165, 1.54) is 19.0 Å². The van der Waals surface area contributed by atoms with Crippen LogP contribution in [0.25, 0.3) is 10.9 Å². The van der Waals surface area contributed by atoms with Crippen molar-refractivity contribution in [2.75, 3.05) is 31.1 Å². The van der Waals surface area contributed by atoms with E-state index in [4.69, 9.17) is 0 Å². The summed E-state index contributed by atoms with van der Waals surface area (Å²) in [6.45, 7) is 4.14. The largest absolute Gasteiger partial charge is 0.367 e. The highest BCUT2D eigenvalue weighted by atomic mass is 35.5. The van der Waals surface area contributed by atoms with E-state index in [1.54, 1.807) is 30.3 Å². The zero-order chi connectivity index (χ0) is 19.1. The normalized spacial score (nSPS) is 17.9. The second-order valence-electron chi connectivity index (χ2n) is 7.59. The second kappa shape index (κ2) is 7.94. The van der Waals surface area contributed by atoms with Gasteiger partial charge in [0.15, 0.2) is 0 Å². The van der Waals surface area contributed by atoms with E-state index in [2.05, 4.69) is 20.9 Å². The van der Waals surface area contributed by atoms with Gasteiger partial charge in [-0.2, -0.15) is 0 Å². The van der Waals surface area contributed by atoms with Crippen LogP contribution in [0.15, 0.2) is 70.6 Å². The molecule has 0 amide bonds. The lowest BCUT2D eigenvalue weighted by Gasteiger charge is -2.36. The minimum Gasteiger partial charge on any atom is -0.367 e. The zero-order valence-corrected chi connectivity index (χ0v) is 17.7. The van der Waals surface area contributed by atoms with Crippen molar-refractivity contribution in [3.63, 3.8) is 0 Å². The van der Waals surface area contributed by atoms with E-state index in [-0.39, 0.29) is 17.3 Å². The molecule has 5 nitrogen and oxygen atoms in total. The fourth-order valence-electron chi connectivity index (χ4n) is 4.03. The van der Waals surface area contributed by atoms with Gasteiger partial charge in [-0.1, -0.05) is 30.3 Å². The van der Waals surface area contributed by atoms with E-state index >= 15 is 0 Å². The highest BCUT2D eigenvalue weighted by Crippen LogP contribution is 2.31. The van der Waals surface area contributed by atoms with Gasteiger partial charge in [0, 0.05) is 43.8 Å². The van der Waals surface area contributed by atoms with Crippen LogP contribution >= 0.6 is 12.4 Å². The number of sulfone groups is 1. The van der Waals surface area contributed by atoms with Gasteiger partial charge < -0.3 is 4.90 Å². The molecule has 0 atom stereocenters. The maximum atomic E-state index is 12.9. The van der Waals surface area contributed by atoms with Gasteiger partial charge in [-0.05, 0) is 37.1 Å². The van der Waals surface area contributed by atoms with Crippen LogP contribution in [-0.4, -0.2) is 50.5 Å². The minimum absolute atomic E-state index is 0. The molecule has 29 heavy (non-hydrogen) atoms. The summed E-state index contributed by atoms with van der Waals surface area (Å²) in [6, 6.07) is 17.1. The average Bonchev–Trinajstić information content (AvgIpc) is 3.59. The first-order valence-electron chi connectivity index (χ1n) is 9.81. The summed E-state index contributed by atoms with van der Waals surface area (Å²) in [5.74, 6) is 0. The van der Waals surface area contributed by atoms with Crippen LogP contribution in [-0.2, 0) is 9.84 Å². The molecule has 3 aromatic rings. The fraction of sp³-hybridized carbons (Fsp3) is 0.318. The third-order valence-corrected chi connectivity index (χ3v) is 7.48. The maximum Gasteiger partial charge on any atom is 0.208 e. The molecule has 1 aliphatic heterocycles. The molecule has 7 heteroatoms. The molecule has 1 saturated heterocycles. The summed E-state index contributed by atoms with van der Waals surface area (Å²) < 4.78 is 25.8. The van der Waals surface area contributed by atoms with Gasteiger partial charge in [0.2, 0.25) is 9.84 Å². The number of pyridine rings is 1. The lowest BCUT2D eigenvalue weighted by molar-refractivity contribution is 0.248. The number of hydrogen-bond acceptors (Lipinski definition) is 5. The van der Waals surface area contributed by atoms with Gasteiger partial charge in [0.05, 0.1) is 21.0 Å². The highest BCUT2D eigenvalue weighted by Gasteiger charge is 2.31. The van der Waals surface area contributed by atoms with Crippen LogP contribution in [0.1, 0.15) is 12.8 Å². The molecule has 0 bridgehead atoms. The molecular weight excluding hydrogens is 406 g/mol. The molecule has 2 aliphatic rings. The van der Waals surface area contributed by atoms with Crippen molar-refractivity contribution < 1.29 is 8.42 Å². The van der Waals surface area contributed by atoms with E-state index in [1.807, 2.05) is 18.2 Å². The smallest absolute Gasteiger partial charge is 0.208 e. The summed E-state index contributed by atoms with van der Waals surface area (Å²) >= 11 is 0. The summed E-state index contributed by atoms with van der Waals surface area (Å²) in [5.41, 5.74) is 1.96. The number of aromatic nitrogens is 1. The Morgan fingerprint density at radius 2 is 1.59 bits per heavy atom. The molecule has 1 saturated carbocycles. The van der Waals surface area contributed by atoms with Gasteiger partial charge in [-0.15, -0.1) is 12.4 Å². The zero-order valence-electron chi connectivity index (χ0n) is 16.1. The first-order valence-corrected chi connectivity index (χ1v) is 11.3. The van der Waals surface area contributed by atoms with Crippen molar-refractivity contribution in [1.29, 1.82) is 0 Å². The van der Waals surface area contributed by atoms with Crippen LogP contribution in [0.2, 0.25) is 0 Å². The fourth-order valence-corrected chi connectivity index (χ4v) is 5.29. The molecule has 2 fully saturated rings. The number of rotatable bonds is 4. The molecule has 1 aromatic heterocycles. The Hall–Kier alpha value is -2.15. The average molecular weight is 430 g/mol. The topological polar surface area (TPSA) is 53.5 Å². The molecule has 0 unspecified atom stereocenters. The quantitative estimate of drug-likeness (QED) is 0.631. The molecule has 5 rings (SSSR count). The molecule has 0 N–H and O–H groups in total. The minimum atomic E-state index is -3.56. The van der Waals surface area contributed by atoms with E-state index in [0.29, 0.717) is 4.90 Å². The second-order valence-corrected chi connectivity index (χ2v) is 9.54. The van der Waals surface area contributed by atoms with E-state index < -0.39 is 9.84 Å². The summed E-state index contributed by atoms with van der Waals surface area (Å²) in [5, 5.41) is 0.860. The number of fused-ring (bicyclic) bond motifs is 1. The Bertz CT molecular complexity index is 1110. The number of hydrogen-bond donors (Lipinski definition) is 0. The first kappa shape index (κ1) is 20.1. The Labute approximate surface area is 177 Å². The van der Waals surface area contributed by atoms with Crippen molar-refractivity contribution >= 4 is 38.8 Å². The molecular formula is C22H24ClN3O2S. The van der Waals surface area contributed by atoms with Gasteiger partial charge in [0.1, 0.15) is 0 Å². The predicted octanol–water partition coefficient (Wildman–Crippen LogP) is 3.77. The highest BCUT2D eigenvalue weighted by molar-refractivity contribution is 7.91. The lowest BCUT2D eigenvalue weighted by atomic mass is 10.1. The predicted molar refractivity (Wildman–Crippen MR) is 118 cm³/mol. The van der Waals surface area contributed by atoms with Gasteiger partial charge in [0.25, 0.3) is 0 Å². The molecule has 152 valence electrons. The van der Waals surface area contributed by atoms with Crippen LogP contribution in [0.5, 0.6) is 0 Å². The number of anilines is 1. The van der Waals surface area contributed by atoms with Crippen molar-refractivity contribution in [2.24, 2.45) is 0 Å². The Balaban J connectivity index is 0.00000205. The van der Waals surface area contributed by atoms with E-state index in [0.717, 1.165) is 48.8 Å². The summed E-state index contributed by atoms with van der Waals surface area (Å²) in [6.07, 6.45) is 4.18. The monoisotopic (exact) mass is 429 g/mol. The van der Waals surface area contributed by atoms with Crippen LogP contribution in [0.3, 0.4) is 0 Å². The third kappa shape index (κ3) is 3.84. The molecule has 2 aromatic carbocycles. The number of para-hydroxylation sites is 1. The SMILES string of the molecule is Cl.O=S(=O)(c1ccccc1)c1cnc2c(N3CCN(C4CC4)CC3)cccc2c1. The molecule has 0 spiro atoms. The number of halogens is 1. The standard InChI is InChI=1S/C22H23N3O2S.ClH/c26-28(27,19-6-2-1-3-7-19)20-15-17-5-4-8-21(22(17)23-16-20)25-13-11-24(12-14-25)18-9-10-18;/h1-8,15-16,18H,9-14H2;1H. The van der Waals surface area contributed by atoms with Gasteiger partial charge >= 0.3 is 0 Å². The molecule has 2 heterocycles. The Morgan fingerprint density at radius 3 is 2.28 bits per heavy atom. The third-order valence-electron chi connectivity index (χ3n) is 5.75. The van der Waals surface area contributed by atoms with Crippen LogP contribution < -0.4 is 4.90 Å². The van der Waals surface area contributed by atoms with Crippen molar-refractivity contribution in [2.45, 2.75) is 28.7 Å². The van der Waals surface area contributed by atoms with Crippen molar-refractivity contribution in [1.82, 2.24) is 9.88 Å². The summed E-state index contributed by atoms with van der Waals surface area (Å²) in [4.78, 5) is 10.1.